The largest absolute Gasteiger partial charge is 0.380 e. The zero-order valence-electron chi connectivity index (χ0n) is 14.2. The lowest BCUT2D eigenvalue weighted by Crippen LogP contribution is -2.20. The summed E-state index contributed by atoms with van der Waals surface area (Å²) in [5, 5.41) is 0. The van der Waals surface area contributed by atoms with Gasteiger partial charge in [-0.05, 0) is 34.7 Å². The van der Waals surface area contributed by atoms with Gasteiger partial charge in [0.15, 0.2) is 0 Å². The monoisotopic (exact) mass is 311 g/mol. The van der Waals surface area contributed by atoms with Gasteiger partial charge in [0.05, 0.1) is 13.2 Å². The molecule has 0 saturated carbocycles. The van der Waals surface area contributed by atoms with E-state index in [0.717, 1.165) is 13.1 Å². The van der Waals surface area contributed by atoms with Crippen LogP contribution in [-0.4, -0.2) is 19.1 Å². The van der Waals surface area contributed by atoms with Crippen LogP contribution < -0.4 is 0 Å². The smallest absolute Gasteiger partial charge is 0.0716 e. The molecule has 3 nitrogen and oxygen atoms in total. The van der Waals surface area contributed by atoms with Crippen molar-refractivity contribution in [2.75, 3.05) is 14.2 Å². The first-order valence-electron chi connectivity index (χ1n) is 8.13. The first-order chi connectivity index (χ1) is 11.2. The van der Waals surface area contributed by atoms with Gasteiger partial charge in [-0.1, -0.05) is 42.5 Å². The third-order valence-corrected chi connectivity index (χ3v) is 4.70. The van der Waals surface area contributed by atoms with Gasteiger partial charge < -0.3 is 9.47 Å². The average molecular weight is 311 g/mol. The summed E-state index contributed by atoms with van der Waals surface area (Å²) in [6.45, 7) is 5.55. The molecule has 3 rings (SSSR count). The van der Waals surface area contributed by atoms with Gasteiger partial charge in [0.25, 0.3) is 0 Å². The van der Waals surface area contributed by atoms with Crippen LogP contribution in [-0.2, 0) is 35.8 Å². The lowest BCUT2D eigenvalue weighted by atomic mass is 10.0. The van der Waals surface area contributed by atoms with Crippen LogP contribution in [0.3, 0.4) is 0 Å². The van der Waals surface area contributed by atoms with E-state index < -0.39 is 0 Å². The molecule has 122 valence electrons. The van der Waals surface area contributed by atoms with Crippen LogP contribution in [0.1, 0.15) is 40.8 Å². The molecule has 3 heteroatoms. The molecule has 2 aromatic rings. The second kappa shape index (κ2) is 7.26. The van der Waals surface area contributed by atoms with Crippen LogP contribution in [0.5, 0.6) is 0 Å². The maximum atomic E-state index is 5.35. The van der Waals surface area contributed by atoms with Crippen molar-refractivity contribution in [2.24, 2.45) is 0 Å². The van der Waals surface area contributed by atoms with Gasteiger partial charge in [0.2, 0.25) is 0 Å². The average Bonchev–Trinajstić information content (AvgIpc) is 2.98. The van der Waals surface area contributed by atoms with Crippen molar-refractivity contribution in [3.8, 4) is 0 Å². The second-order valence-electron chi connectivity index (χ2n) is 6.25. The van der Waals surface area contributed by atoms with E-state index in [4.69, 9.17) is 9.47 Å². The first-order valence-corrected chi connectivity index (χ1v) is 8.13. The number of hydrogen-bond donors (Lipinski definition) is 0. The summed E-state index contributed by atoms with van der Waals surface area (Å²) >= 11 is 0. The number of fused-ring (bicyclic) bond motifs is 1. The van der Waals surface area contributed by atoms with Crippen molar-refractivity contribution >= 4 is 0 Å². The molecule has 1 heterocycles. The maximum absolute atomic E-state index is 5.35. The quantitative estimate of drug-likeness (QED) is 0.803. The lowest BCUT2D eigenvalue weighted by molar-refractivity contribution is 0.168. The standard InChI is InChI=1S/C20H25NO2/c1-15(16-7-5-4-6-8-16)21-11-17-9-19(13-22-2)20(14-23-3)10-18(17)12-21/h4-10,15H,11-14H2,1-3H3. The van der Waals surface area contributed by atoms with Crippen molar-refractivity contribution in [1.29, 1.82) is 0 Å². The van der Waals surface area contributed by atoms with E-state index in [1.54, 1.807) is 14.2 Å². The van der Waals surface area contributed by atoms with Gasteiger partial charge in [0.1, 0.15) is 0 Å². The van der Waals surface area contributed by atoms with E-state index >= 15 is 0 Å². The van der Waals surface area contributed by atoms with Gasteiger partial charge in [-0.25, -0.2) is 0 Å². The van der Waals surface area contributed by atoms with Gasteiger partial charge in [-0.3, -0.25) is 4.90 Å². The SMILES string of the molecule is COCc1cc2c(cc1COC)CN(C(C)c1ccccc1)C2. The van der Waals surface area contributed by atoms with Crippen LogP contribution in [0.15, 0.2) is 42.5 Å². The predicted octanol–water partition coefficient (Wildman–Crippen LogP) is 4.06. The Bertz CT molecular complexity index is 619. The molecule has 1 unspecified atom stereocenters. The maximum Gasteiger partial charge on any atom is 0.0716 e. The molecular formula is C20H25NO2. The zero-order chi connectivity index (χ0) is 16.2. The van der Waals surface area contributed by atoms with Crippen molar-refractivity contribution in [3.63, 3.8) is 0 Å². The summed E-state index contributed by atoms with van der Waals surface area (Å²) in [5.74, 6) is 0. The summed E-state index contributed by atoms with van der Waals surface area (Å²) in [6, 6.07) is 15.7. The summed E-state index contributed by atoms with van der Waals surface area (Å²) in [6.07, 6.45) is 0. The van der Waals surface area contributed by atoms with Crippen LogP contribution >= 0.6 is 0 Å². The minimum Gasteiger partial charge on any atom is -0.380 e. The Balaban J connectivity index is 1.83. The number of nitrogens with zero attached hydrogens (tertiary/aromatic N) is 1. The second-order valence-corrected chi connectivity index (χ2v) is 6.25. The first kappa shape index (κ1) is 16.2. The van der Waals surface area contributed by atoms with Crippen molar-refractivity contribution in [2.45, 2.75) is 39.3 Å². The zero-order valence-corrected chi connectivity index (χ0v) is 14.2. The highest BCUT2D eigenvalue weighted by Gasteiger charge is 2.25. The third-order valence-electron chi connectivity index (χ3n) is 4.70. The highest BCUT2D eigenvalue weighted by Crippen LogP contribution is 2.33. The van der Waals surface area contributed by atoms with Gasteiger partial charge >= 0.3 is 0 Å². The van der Waals surface area contributed by atoms with Crippen molar-refractivity contribution in [3.05, 3.63) is 70.3 Å². The number of rotatable bonds is 6. The molecule has 1 aliphatic rings. The molecule has 1 aliphatic heterocycles. The molecule has 1 atom stereocenters. The molecule has 0 fully saturated rings. The number of hydrogen-bond acceptors (Lipinski definition) is 3. The molecule has 2 aromatic carbocycles. The summed E-state index contributed by atoms with van der Waals surface area (Å²) < 4.78 is 10.7. The topological polar surface area (TPSA) is 21.7 Å². The Morgan fingerprint density at radius 3 is 1.91 bits per heavy atom. The van der Waals surface area contributed by atoms with Crippen LogP contribution in [0.25, 0.3) is 0 Å². The molecule has 0 N–H and O–H groups in total. The van der Waals surface area contributed by atoms with E-state index in [0.29, 0.717) is 19.3 Å². The molecule has 0 radical (unpaired) electrons. The molecule has 0 amide bonds. The number of methoxy groups -OCH3 is 2. The summed E-state index contributed by atoms with van der Waals surface area (Å²) in [4.78, 5) is 2.52. The number of benzene rings is 2. The highest BCUT2D eigenvalue weighted by molar-refractivity contribution is 5.40. The Kier molecular flexibility index (Phi) is 5.11. The highest BCUT2D eigenvalue weighted by atomic mass is 16.5. The molecule has 0 bridgehead atoms. The fourth-order valence-corrected chi connectivity index (χ4v) is 3.38. The summed E-state index contributed by atoms with van der Waals surface area (Å²) in [5.41, 5.74) is 6.68. The molecule has 0 spiro atoms. The van der Waals surface area contributed by atoms with E-state index in [9.17, 15) is 0 Å². The Morgan fingerprint density at radius 2 is 1.43 bits per heavy atom. The molecule has 0 saturated heterocycles. The Labute approximate surface area is 138 Å². The molecular weight excluding hydrogens is 286 g/mol. The normalized spacial score (nSPS) is 15.6. The fourth-order valence-electron chi connectivity index (χ4n) is 3.38. The van der Waals surface area contributed by atoms with Crippen molar-refractivity contribution < 1.29 is 9.47 Å². The van der Waals surface area contributed by atoms with E-state index in [1.165, 1.54) is 27.8 Å². The van der Waals surface area contributed by atoms with Gasteiger partial charge in [0, 0.05) is 33.4 Å². The lowest BCUT2D eigenvalue weighted by Gasteiger charge is -2.24. The summed E-state index contributed by atoms with van der Waals surface area (Å²) in [7, 11) is 3.49. The molecule has 23 heavy (non-hydrogen) atoms. The molecule has 0 aliphatic carbocycles. The van der Waals surface area contributed by atoms with Crippen LogP contribution in [0.4, 0.5) is 0 Å². The van der Waals surface area contributed by atoms with E-state index in [1.807, 2.05) is 0 Å². The van der Waals surface area contributed by atoms with Crippen molar-refractivity contribution in [1.82, 2.24) is 4.90 Å². The fraction of sp³-hybridized carbons (Fsp3) is 0.400. The Morgan fingerprint density at radius 1 is 0.913 bits per heavy atom. The van der Waals surface area contributed by atoms with Gasteiger partial charge in [-0.2, -0.15) is 0 Å². The minimum atomic E-state index is 0.417. The minimum absolute atomic E-state index is 0.417. The van der Waals surface area contributed by atoms with E-state index in [-0.39, 0.29) is 0 Å². The Hall–Kier alpha value is -1.68. The van der Waals surface area contributed by atoms with Crippen LogP contribution in [0.2, 0.25) is 0 Å². The third kappa shape index (κ3) is 3.47. The van der Waals surface area contributed by atoms with Crippen LogP contribution in [0, 0.1) is 0 Å². The molecule has 0 aromatic heterocycles. The number of ether oxygens (including phenoxy) is 2. The van der Waals surface area contributed by atoms with Gasteiger partial charge in [-0.15, -0.1) is 0 Å². The van der Waals surface area contributed by atoms with E-state index in [2.05, 4.69) is 54.3 Å². The predicted molar refractivity (Wildman–Crippen MR) is 92.0 cm³/mol.